The lowest BCUT2D eigenvalue weighted by Gasteiger charge is -2.21. The van der Waals surface area contributed by atoms with Gasteiger partial charge in [0.25, 0.3) is 0 Å². The maximum absolute atomic E-state index is 11.5. The highest BCUT2D eigenvalue weighted by molar-refractivity contribution is 5.67. The van der Waals surface area contributed by atoms with Crippen molar-refractivity contribution >= 4 is 6.09 Å². The van der Waals surface area contributed by atoms with Gasteiger partial charge in [0.2, 0.25) is 0 Å². The lowest BCUT2D eigenvalue weighted by atomic mass is 9.86. The predicted molar refractivity (Wildman–Crippen MR) is 77.2 cm³/mol. The van der Waals surface area contributed by atoms with E-state index in [2.05, 4.69) is 5.32 Å². The van der Waals surface area contributed by atoms with Crippen LogP contribution in [0.15, 0.2) is 0 Å². The second kappa shape index (κ2) is 8.44. The van der Waals surface area contributed by atoms with Crippen molar-refractivity contribution in [3.05, 3.63) is 0 Å². The zero-order valence-corrected chi connectivity index (χ0v) is 12.2. The van der Waals surface area contributed by atoms with Gasteiger partial charge in [-0.25, -0.2) is 4.79 Å². The van der Waals surface area contributed by atoms with Gasteiger partial charge in [-0.15, -0.1) is 0 Å². The molecule has 0 heterocycles. The highest BCUT2D eigenvalue weighted by Gasteiger charge is 2.18. The molecule has 3 heteroatoms. The number of alkyl carbamates (subject to hydrolysis) is 1. The van der Waals surface area contributed by atoms with E-state index in [-0.39, 0.29) is 12.2 Å². The maximum Gasteiger partial charge on any atom is 0.407 e. The molecule has 0 spiro atoms. The molecule has 2 fully saturated rings. The lowest BCUT2D eigenvalue weighted by Crippen LogP contribution is -2.28. The van der Waals surface area contributed by atoms with Crippen LogP contribution >= 0.6 is 0 Å². The van der Waals surface area contributed by atoms with Gasteiger partial charge >= 0.3 is 6.09 Å². The Balaban J connectivity index is 1.43. The van der Waals surface area contributed by atoms with Crippen molar-refractivity contribution in [2.24, 2.45) is 5.92 Å². The van der Waals surface area contributed by atoms with Crippen LogP contribution in [-0.2, 0) is 4.74 Å². The number of ether oxygens (including phenoxy) is 1. The molecule has 0 saturated heterocycles. The first-order chi connectivity index (χ1) is 9.34. The van der Waals surface area contributed by atoms with E-state index in [1.54, 1.807) is 0 Å². The van der Waals surface area contributed by atoms with Gasteiger partial charge in [-0.05, 0) is 38.0 Å². The normalized spacial score (nSPS) is 21.5. The summed E-state index contributed by atoms with van der Waals surface area (Å²) in [6.07, 6.45) is 15.3. The van der Waals surface area contributed by atoms with E-state index in [0.29, 0.717) is 0 Å². The van der Waals surface area contributed by atoms with Gasteiger partial charge in [-0.3, -0.25) is 0 Å². The van der Waals surface area contributed by atoms with Crippen molar-refractivity contribution in [1.82, 2.24) is 5.32 Å². The monoisotopic (exact) mass is 267 g/mol. The summed E-state index contributed by atoms with van der Waals surface area (Å²) in [5.41, 5.74) is 0. The summed E-state index contributed by atoms with van der Waals surface area (Å²) in [5.74, 6) is 0.958. The minimum Gasteiger partial charge on any atom is -0.446 e. The van der Waals surface area contributed by atoms with Crippen LogP contribution in [0.2, 0.25) is 0 Å². The summed E-state index contributed by atoms with van der Waals surface area (Å²) in [6, 6.07) is 0. The Morgan fingerprint density at radius 2 is 1.63 bits per heavy atom. The molecule has 0 aliphatic heterocycles. The van der Waals surface area contributed by atoms with E-state index in [1.165, 1.54) is 57.8 Å². The van der Waals surface area contributed by atoms with Crippen LogP contribution in [0.3, 0.4) is 0 Å². The van der Waals surface area contributed by atoms with Crippen molar-refractivity contribution < 1.29 is 9.53 Å². The molecule has 0 aromatic heterocycles. The van der Waals surface area contributed by atoms with Crippen molar-refractivity contribution in [2.45, 2.75) is 83.2 Å². The molecular weight excluding hydrogens is 238 g/mol. The maximum atomic E-state index is 11.5. The van der Waals surface area contributed by atoms with Gasteiger partial charge in [0, 0.05) is 6.54 Å². The number of hydrogen-bond donors (Lipinski definition) is 1. The fourth-order valence-electron chi connectivity index (χ4n) is 3.42. The van der Waals surface area contributed by atoms with Crippen LogP contribution < -0.4 is 5.32 Å². The Morgan fingerprint density at radius 3 is 2.37 bits per heavy atom. The molecule has 110 valence electrons. The average molecular weight is 267 g/mol. The van der Waals surface area contributed by atoms with Crippen LogP contribution in [0.25, 0.3) is 0 Å². The Bertz CT molecular complexity index is 255. The molecule has 1 N–H and O–H groups in total. The van der Waals surface area contributed by atoms with E-state index in [9.17, 15) is 4.79 Å². The molecule has 2 rings (SSSR count). The summed E-state index contributed by atoms with van der Waals surface area (Å²) in [5, 5.41) is 2.89. The number of unbranched alkanes of at least 4 members (excludes halogenated alkanes) is 1. The summed E-state index contributed by atoms with van der Waals surface area (Å²) < 4.78 is 5.36. The molecule has 0 unspecified atom stereocenters. The molecule has 3 nitrogen and oxygen atoms in total. The van der Waals surface area contributed by atoms with Crippen LogP contribution in [0.5, 0.6) is 0 Å². The molecule has 0 aromatic rings. The van der Waals surface area contributed by atoms with Crippen molar-refractivity contribution in [3.63, 3.8) is 0 Å². The molecule has 2 aliphatic rings. The number of amides is 1. The molecule has 0 radical (unpaired) electrons. The fourth-order valence-corrected chi connectivity index (χ4v) is 3.42. The van der Waals surface area contributed by atoms with Gasteiger partial charge < -0.3 is 10.1 Å². The van der Waals surface area contributed by atoms with Gasteiger partial charge in [-0.1, -0.05) is 44.9 Å². The van der Waals surface area contributed by atoms with E-state index in [0.717, 1.165) is 31.7 Å². The highest BCUT2D eigenvalue weighted by atomic mass is 16.6. The Hall–Kier alpha value is -0.730. The van der Waals surface area contributed by atoms with E-state index in [4.69, 9.17) is 4.74 Å². The molecule has 2 aliphatic carbocycles. The van der Waals surface area contributed by atoms with Gasteiger partial charge in [-0.2, -0.15) is 0 Å². The average Bonchev–Trinajstić information content (AvgIpc) is 2.92. The van der Waals surface area contributed by atoms with Crippen molar-refractivity contribution in [1.29, 1.82) is 0 Å². The van der Waals surface area contributed by atoms with Crippen LogP contribution in [0, 0.1) is 5.92 Å². The summed E-state index contributed by atoms with van der Waals surface area (Å²) in [4.78, 5) is 11.5. The van der Waals surface area contributed by atoms with E-state index >= 15 is 0 Å². The molecular formula is C16H29NO2. The van der Waals surface area contributed by atoms with Gasteiger partial charge in [0.1, 0.15) is 6.10 Å². The van der Waals surface area contributed by atoms with Crippen LogP contribution in [0.1, 0.15) is 77.0 Å². The first-order valence-corrected chi connectivity index (χ1v) is 8.29. The topological polar surface area (TPSA) is 38.3 Å². The summed E-state index contributed by atoms with van der Waals surface area (Å²) in [7, 11) is 0. The number of rotatable bonds is 6. The molecule has 2 saturated carbocycles. The first-order valence-electron chi connectivity index (χ1n) is 8.29. The van der Waals surface area contributed by atoms with E-state index in [1.807, 2.05) is 0 Å². The zero-order valence-electron chi connectivity index (χ0n) is 12.2. The van der Waals surface area contributed by atoms with Crippen LogP contribution in [-0.4, -0.2) is 18.7 Å². The third-order valence-electron chi connectivity index (χ3n) is 4.61. The Labute approximate surface area is 117 Å². The lowest BCUT2D eigenvalue weighted by molar-refractivity contribution is 0.101. The standard InChI is InChI=1S/C16H29NO2/c18-16(19-15-11-4-5-12-15)17-13-7-6-10-14-8-2-1-3-9-14/h14-15H,1-13H2,(H,17,18). The number of hydrogen-bond acceptors (Lipinski definition) is 2. The second-order valence-electron chi connectivity index (χ2n) is 6.24. The molecule has 1 amide bonds. The van der Waals surface area contributed by atoms with Gasteiger partial charge in [0.05, 0.1) is 0 Å². The zero-order chi connectivity index (χ0) is 13.3. The number of carbonyl (C=O) groups excluding carboxylic acids is 1. The molecule has 0 atom stereocenters. The summed E-state index contributed by atoms with van der Waals surface area (Å²) >= 11 is 0. The Kier molecular flexibility index (Phi) is 6.52. The van der Waals surface area contributed by atoms with Crippen LogP contribution in [0.4, 0.5) is 4.79 Å². The fraction of sp³-hybridized carbons (Fsp3) is 0.938. The van der Waals surface area contributed by atoms with Gasteiger partial charge in [0.15, 0.2) is 0 Å². The largest absolute Gasteiger partial charge is 0.446 e. The predicted octanol–water partition coefficient (Wildman–Crippen LogP) is 4.41. The highest BCUT2D eigenvalue weighted by Crippen LogP contribution is 2.27. The smallest absolute Gasteiger partial charge is 0.407 e. The summed E-state index contributed by atoms with van der Waals surface area (Å²) in [6.45, 7) is 0.776. The number of nitrogens with one attached hydrogen (secondary N) is 1. The number of carbonyl (C=O) groups is 1. The minimum atomic E-state index is -0.204. The molecule has 0 aromatic carbocycles. The quantitative estimate of drug-likeness (QED) is 0.724. The second-order valence-corrected chi connectivity index (χ2v) is 6.24. The van der Waals surface area contributed by atoms with E-state index < -0.39 is 0 Å². The SMILES string of the molecule is O=C(NCCCCC1CCCCC1)OC1CCCC1. The van der Waals surface area contributed by atoms with Crippen molar-refractivity contribution in [3.8, 4) is 0 Å². The van der Waals surface area contributed by atoms with Crippen molar-refractivity contribution in [2.75, 3.05) is 6.54 Å². The third kappa shape index (κ3) is 5.84. The Morgan fingerprint density at radius 1 is 0.947 bits per heavy atom. The minimum absolute atomic E-state index is 0.183. The molecule has 19 heavy (non-hydrogen) atoms. The molecule has 0 bridgehead atoms. The third-order valence-corrected chi connectivity index (χ3v) is 4.61. The first kappa shape index (κ1) is 14.7.